The summed E-state index contributed by atoms with van der Waals surface area (Å²) < 4.78 is 0. The summed E-state index contributed by atoms with van der Waals surface area (Å²) in [4.78, 5) is 2.51. The normalized spacial score (nSPS) is 42.7. The van der Waals surface area contributed by atoms with Crippen molar-refractivity contribution in [3.05, 3.63) is 0 Å². The van der Waals surface area contributed by atoms with Crippen molar-refractivity contribution in [3.8, 4) is 0 Å². The van der Waals surface area contributed by atoms with E-state index in [0.29, 0.717) is 0 Å². The molecular weight excluding hydrogens is 112 g/mol. The third-order valence-corrected chi connectivity index (χ3v) is 2.36. The first-order valence-electron chi connectivity index (χ1n) is 3.91. The lowest BCUT2D eigenvalue weighted by Crippen LogP contribution is -2.24. The highest BCUT2D eigenvalue weighted by Gasteiger charge is 2.22. The first-order valence-corrected chi connectivity index (χ1v) is 3.91. The lowest BCUT2D eigenvalue weighted by atomic mass is 10.1. The quantitative estimate of drug-likeness (QED) is 0.505. The van der Waals surface area contributed by atoms with Gasteiger partial charge in [-0.3, -0.25) is 4.90 Å². The second-order valence-electron chi connectivity index (χ2n) is 3.13. The number of nitrogens with zero attached hydrogens (tertiary/aromatic N) is 1. The van der Waals surface area contributed by atoms with Crippen molar-refractivity contribution in [1.82, 2.24) is 10.2 Å². The number of fused-ring (bicyclic) bond motifs is 2. The zero-order valence-electron chi connectivity index (χ0n) is 5.77. The van der Waals surface area contributed by atoms with Gasteiger partial charge in [-0.05, 0) is 19.4 Å². The Balaban J connectivity index is 1.99. The monoisotopic (exact) mass is 126 g/mol. The van der Waals surface area contributed by atoms with Crippen molar-refractivity contribution in [2.24, 2.45) is 0 Å². The van der Waals surface area contributed by atoms with Crippen molar-refractivity contribution in [3.63, 3.8) is 0 Å². The van der Waals surface area contributed by atoms with Crippen LogP contribution in [0.25, 0.3) is 0 Å². The third kappa shape index (κ3) is 1.10. The van der Waals surface area contributed by atoms with Crippen LogP contribution in [0, 0.1) is 0 Å². The van der Waals surface area contributed by atoms with Crippen molar-refractivity contribution in [2.45, 2.75) is 25.3 Å². The minimum atomic E-state index is 0.826. The summed E-state index contributed by atoms with van der Waals surface area (Å²) in [6.07, 6.45) is 4.24. The highest BCUT2D eigenvalue weighted by Crippen LogP contribution is 2.13. The Morgan fingerprint density at radius 3 is 3.33 bits per heavy atom. The average Bonchev–Trinajstić information content (AvgIpc) is 2.09. The van der Waals surface area contributed by atoms with Gasteiger partial charge in [0.25, 0.3) is 0 Å². The van der Waals surface area contributed by atoms with Crippen LogP contribution in [-0.2, 0) is 0 Å². The fourth-order valence-corrected chi connectivity index (χ4v) is 1.79. The summed E-state index contributed by atoms with van der Waals surface area (Å²) >= 11 is 0. The number of hydrogen-bond donors (Lipinski definition) is 1. The van der Waals surface area contributed by atoms with E-state index in [1.54, 1.807) is 0 Å². The zero-order chi connectivity index (χ0) is 6.10. The average molecular weight is 126 g/mol. The molecule has 9 heavy (non-hydrogen) atoms. The highest BCUT2D eigenvalue weighted by atomic mass is 15.3. The Hall–Kier alpha value is -0.0800. The Morgan fingerprint density at radius 1 is 1.33 bits per heavy atom. The summed E-state index contributed by atoms with van der Waals surface area (Å²) in [5.41, 5.74) is 0. The maximum atomic E-state index is 3.48. The topological polar surface area (TPSA) is 15.3 Å². The van der Waals surface area contributed by atoms with E-state index in [0.717, 1.165) is 12.7 Å². The smallest absolute Gasteiger partial charge is 0.0483 e. The Labute approximate surface area is 56.2 Å². The molecule has 0 aromatic carbocycles. The molecule has 0 radical (unpaired) electrons. The SMILES string of the molecule is C1CCN2CNC(C1)C2. The highest BCUT2D eigenvalue weighted by molar-refractivity contribution is 4.81. The molecular formula is C7H14N2. The molecule has 2 aliphatic rings. The van der Waals surface area contributed by atoms with Crippen LogP contribution in [0.5, 0.6) is 0 Å². The minimum absolute atomic E-state index is 0.826. The van der Waals surface area contributed by atoms with Gasteiger partial charge in [0.1, 0.15) is 0 Å². The lowest BCUT2D eigenvalue weighted by Gasteiger charge is -2.10. The molecule has 0 amide bonds. The maximum absolute atomic E-state index is 3.48. The van der Waals surface area contributed by atoms with Crippen LogP contribution in [0.3, 0.4) is 0 Å². The molecule has 2 aliphatic heterocycles. The van der Waals surface area contributed by atoms with Gasteiger partial charge in [-0.2, -0.15) is 0 Å². The van der Waals surface area contributed by atoms with E-state index >= 15 is 0 Å². The van der Waals surface area contributed by atoms with Gasteiger partial charge in [0.2, 0.25) is 0 Å². The Kier molecular flexibility index (Phi) is 1.44. The number of nitrogens with one attached hydrogen (secondary N) is 1. The summed E-state index contributed by atoms with van der Waals surface area (Å²) in [7, 11) is 0. The van der Waals surface area contributed by atoms with Gasteiger partial charge >= 0.3 is 0 Å². The zero-order valence-corrected chi connectivity index (χ0v) is 5.77. The summed E-state index contributed by atoms with van der Waals surface area (Å²) in [5.74, 6) is 0. The molecule has 0 aromatic heterocycles. The van der Waals surface area contributed by atoms with E-state index in [9.17, 15) is 0 Å². The lowest BCUT2D eigenvalue weighted by molar-refractivity contribution is 0.334. The van der Waals surface area contributed by atoms with Gasteiger partial charge in [-0.15, -0.1) is 0 Å². The van der Waals surface area contributed by atoms with Gasteiger partial charge in [0.15, 0.2) is 0 Å². The largest absolute Gasteiger partial charge is 0.300 e. The van der Waals surface area contributed by atoms with Gasteiger partial charge in [-0.25, -0.2) is 0 Å². The van der Waals surface area contributed by atoms with E-state index in [-0.39, 0.29) is 0 Å². The number of rotatable bonds is 0. The molecule has 2 heterocycles. The predicted molar refractivity (Wildman–Crippen MR) is 37.2 cm³/mol. The fraction of sp³-hybridized carbons (Fsp3) is 1.00. The molecule has 0 saturated carbocycles. The van der Waals surface area contributed by atoms with Gasteiger partial charge in [0, 0.05) is 19.3 Å². The van der Waals surface area contributed by atoms with E-state index in [1.165, 1.54) is 32.4 Å². The number of hydrogen-bond acceptors (Lipinski definition) is 2. The Bertz CT molecular complexity index is 91.1. The van der Waals surface area contributed by atoms with Crippen LogP contribution < -0.4 is 5.32 Å². The molecule has 52 valence electrons. The van der Waals surface area contributed by atoms with E-state index in [2.05, 4.69) is 10.2 Å². The van der Waals surface area contributed by atoms with Gasteiger partial charge in [0.05, 0.1) is 0 Å². The summed E-state index contributed by atoms with van der Waals surface area (Å²) in [5, 5.41) is 3.48. The molecule has 0 spiro atoms. The van der Waals surface area contributed by atoms with Crippen LogP contribution in [0.1, 0.15) is 19.3 Å². The van der Waals surface area contributed by atoms with Gasteiger partial charge < -0.3 is 5.32 Å². The third-order valence-electron chi connectivity index (χ3n) is 2.36. The van der Waals surface area contributed by atoms with Crippen LogP contribution in [0.15, 0.2) is 0 Å². The minimum Gasteiger partial charge on any atom is -0.300 e. The maximum Gasteiger partial charge on any atom is 0.0483 e. The molecule has 2 unspecified atom stereocenters. The molecule has 2 atom stereocenters. The second-order valence-corrected chi connectivity index (χ2v) is 3.13. The first kappa shape index (κ1) is 5.69. The molecule has 2 saturated heterocycles. The molecule has 0 aliphatic carbocycles. The summed E-state index contributed by atoms with van der Waals surface area (Å²) in [6, 6.07) is 0.826. The van der Waals surface area contributed by atoms with Crippen molar-refractivity contribution in [1.29, 1.82) is 0 Å². The van der Waals surface area contributed by atoms with Crippen LogP contribution in [0.4, 0.5) is 0 Å². The molecule has 1 N–H and O–H groups in total. The fourth-order valence-electron chi connectivity index (χ4n) is 1.79. The van der Waals surface area contributed by atoms with E-state index < -0.39 is 0 Å². The van der Waals surface area contributed by atoms with Crippen molar-refractivity contribution < 1.29 is 0 Å². The summed E-state index contributed by atoms with van der Waals surface area (Å²) in [6.45, 7) is 3.77. The standard InChI is InChI=1S/C7H14N2/c1-2-4-9-5-7(3-1)8-6-9/h7-8H,1-6H2. The van der Waals surface area contributed by atoms with Crippen molar-refractivity contribution >= 4 is 0 Å². The molecule has 2 nitrogen and oxygen atoms in total. The van der Waals surface area contributed by atoms with Crippen LogP contribution in [-0.4, -0.2) is 30.7 Å². The van der Waals surface area contributed by atoms with E-state index in [4.69, 9.17) is 0 Å². The first-order chi connectivity index (χ1) is 4.45. The van der Waals surface area contributed by atoms with Crippen molar-refractivity contribution in [2.75, 3.05) is 19.8 Å². The predicted octanol–water partition coefficient (Wildman–Crippen LogP) is 0.402. The molecule has 2 heteroatoms. The van der Waals surface area contributed by atoms with Gasteiger partial charge in [-0.1, -0.05) is 6.42 Å². The van der Waals surface area contributed by atoms with Crippen LogP contribution in [0.2, 0.25) is 0 Å². The van der Waals surface area contributed by atoms with Crippen LogP contribution >= 0.6 is 0 Å². The Morgan fingerprint density at radius 2 is 2.33 bits per heavy atom. The van der Waals surface area contributed by atoms with E-state index in [1.807, 2.05) is 0 Å². The molecule has 0 aromatic rings. The second kappa shape index (κ2) is 2.27. The molecule has 2 fully saturated rings. The molecule has 2 rings (SSSR count). The molecule has 2 bridgehead atoms.